The molecule has 1 aliphatic rings. The van der Waals surface area contributed by atoms with Crippen molar-refractivity contribution in [1.29, 1.82) is 0 Å². The Balaban J connectivity index is 2.05. The lowest BCUT2D eigenvalue weighted by molar-refractivity contribution is -0.00183. The molecule has 0 amide bonds. The first kappa shape index (κ1) is 14.3. The maximum Gasteiger partial charge on any atom is 0.123 e. The average molecular weight is 266 g/mol. The molecule has 1 fully saturated rings. The van der Waals surface area contributed by atoms with Gasteiger partial charge in [0.25, 0.3) is 0 Å². The molecule has 106 valence electrons. The van der Waals surface area contributed by atoms with E-state index in [0.717, 1.165) is 38.4 Å². The first-order valence-corrected chi connectivity index (χ1v) is 6.84. The minimum absolute atomic E-state index is 0.149. The summed E-state index contributed by atoms with van der Waals surface area (Å²) < 4.78 is 18.6. The van der Waals surface area contributed by atoms with Gasteiger partial charge in [0.2, 0.25) is 0 Å². The number of anilines is 1. The molecule has 1 unspecified atom stereocenters. The van der Waals surface area contributed by atoms with Crippen molar-refractivity contribution < 1.29 is 9.13 Å². The molecule has 19 heavy (non-hydrogen) atoms. The summed E-state index contributed by atoms with van der Waals surface area (Å²) in [5.41, 5.74) is 1.19. The average Bonchev–Trinajstić information content (AvgIpc) is 2.40. The third-order valence-electron chi connectivity index (χ3n) is 3.80. The minimum Gasteiger partial charge on any atom is -0.381 e. The molecule has 1 aromatic carbocycles. The fourth-order valence-corrected chi connectivity index (χ4v) is 2.90. The molecule has 0 aromatic heterocycles. The predicted molar refractivity (Wildman–Crippen MR) is 76.1 cm³/mol. The quantitative estimate of drug-likeness (QED) is 0.885. The molecule has 0 radical (unpaired) electrons. The van der Waals surface area contributed by atoms with E-state index in [4.69, 9.17) is 4.74 Å². The number of hydrogen-bond acceptors (Lipinski definition) is 3. The lowest BCUT2D eigenvalue weighted by Crippen LogP contribution is -2.47. The van der Waals surface area contributed by atoms with E-state index in [1.807, 2.05) is 19.2 Å². The lowest BCUT2D eigenvalue weighted by atomic mass is 9.81. The van der Waals surface area contributed by atoms with Gasteiger partial charge in [0, 0.05) is 37.8 Å². The molecule has 0 saturated carbocycles. The largest absolute Gasteiger partial charge is 0.381 e. The third kappa shape index (κ3) is 3.67. The van der Waals surface area contributed by atoms with Gasteiger partial charge in [0.1, 0.15) is 5.82 Å². The van der Waals surface area contributed by atoms with Crippen LogP contribution in [0.4, 0.5) is 10.1 Å². The van der Waals surface area contributed by atoms with Crippen molar-refractivity contribution in [2.24, 2.45) is 5.41 Å². The van der Waals surface area contributed by atoms with Crippen LogP contribution < -0.4 is 10.2 Å². The van der Waals surface area contributed by atoms with Gasteiger partial charge in [-0.3, -0.25) is 0 Å². The highest BCUT2D eigenvalue weighted by atomic mass is 19.1. The van der Waals surface area contributed by atoms with Crippen molar-refractivity contribution in [2.75, 3.05) is 45.3 Å². The van der Waals surface area contributed by atoms with E-state index < -0.39 is 0 Å². The van der Waals surface area contributed by atoms with Crippen LogP contribution in [0.15, 0.2) is 24.3 Å². The summed E-state index contributed by atoms with van der Waals surface area (Å²) in [7, 11) is 4.04. The number of hydrogen-bond donors (Lipinski definition) is 1. The van der Waals surface area contributed by atoms with E-state index >= 15 is 0 Å². The van der Waals surface area contributed by atoms with Crippen LogP contribution in [0.3, 0.4) is 0 Å². The van der Waals surface area contributed by atoms with Crippen molar-refractivity contribution in [1.82, 2.24) is 5.32 Å². The molecule has 1 saturated heterocycles. The van der Waals surface area contributed by atoms with Crippen LogP contribution in [0.5, 0.6) is 0 Å². The molecule has 4 heteroatoms. The van der Waals surface area contributed by atoms with Crippen molar-refractivity contribution in [3.63, 3.8) is 0 Å². The second-order valence-corrected chi connectivity index (χ2v) is 5.52. The second-order valence-electron chi connectivity index (χ2n) is 5.52. The molecule has 2 rings (SSSR count). The monoisotopic (exact) mass is 266 g/mol. The number of nitrogens with zero attached hydrogens (tertiary/aromatic N) is 1. The van der Waals surface area contributed by atoms with Gasteiger partial charge in [-0.05, 0) is 44.2 Å². The summed E-state index contributed by atoms with van der Waals surface area (Å²) >= 11 is 0. The summed E-state index contributed by atoms with van der Waals surface area (Å²) in [6.07, 6.45) is 2.28. The van der Waals surface area contributed by atoms with Crippen LogP contribution in [-0.2, 0) is 4.74 Å². The normalized spacial score (nSPS) is 23.3. The fraction of sp³-hybridized carbons (Fsp3) is 0.600. The van der Waals surface area contributed by atoms with E-state index in [-0.39, 0.29) is 11.2 Å². The smallest absolute Gasteiger partial charge is 0.123 e. The number of nitrogens with one attached hydrogen (secondary N) is 1. The second kappa shape index (κ2) is 6.35. The Bertz CT molecular complexity index is 382. The SMILES string of the molecule is CNCC1(CN(C)c2ccc(F)cc2)CCCOC1. The van der Waals surface area contributed by atoms with E-state index in [9.17, 15) is 4.39 Å². The first-order chi connectivity index (χ1) is 9.15. The number of halogens is 1. The summed E-state index contributed by atoms with van der Waals surface area (Å²) in [6, 6.07) is 6.67. The number of benzene rings is 1. The Hall–Kier alpha value is -1.13. The zero-order valence-electron chi connectivity index (χ0n) is 11.8. The van der Waals surface area contributed by atoms with E-state index in [1.54, 1.807) is 0 Å². The maximum absolute atomic E-state index is 13.0. The zero-order chi connectivity index (χ0) is 13.7. The summed E-state index contributed by atoms with van der Waals surface area (Å²) in [6.45, 7) is 3.52. The van der Waals surface area contributed by atoms with Crippen LogP contribution >= 0.6 is 0 Å². The zero-order valence-corrected chi connectivity index (χ0v) is 11.8. The van der Waals surface area contributed by atoms with Crippen molar-refractivity contribution in [2.45, 2.75) is 12.8 Å². The Kier molecular flexibility index (Phi) is 4.77. The van der Waals surface area contributed by atoms with Crippen LogP contribution in [0.1, 0.15) is 12.8 Å². The van der Waals surface area contributed by atoms with Gasteiger partial charge in [-0.25, -0.2) is 4.39 Å². The van der Waals surface area contributed by atoms with Crippen LogP contribution in [0.2, 0.25) is 0 Å². The Morgan fingerprint density at radius 1 is 1.37 bits per heavy atom. The molecule has 1 aromatic rings. The number of rotatable bonds is 5. The highest BCUT2D eigenvalue weighted by Crippen LogP contribution is 2.30. The molecular formula is C15H23FN2O. The summed E-state index contributed by atoms with van der Waals surface area (Å²) in [5.74, 6) is -0.192. The third-order valence-corrected chi connectivity index (χ3v) is 3.80. The standard InChI is InChI=1S/C15H23FN2O/c1-17-10-15(8-3-9-19-12-15)11-18(2)14-6-4-13(16)5-7-14/h4-7,17H,3,8-12H2,1-2H3. The van der Waals surface area contributed by atoms with Crippen molar-refractivity contribution in [3.05, 3.63) is 30.1 Å². The minimum atomic E-state index is -0.192. The molecule has 0 bridgehead atoms. The topological polar surface area (TPSA) is 24.5 Å². The Labute approximate surface area is 114 Å². The van der Waals surface area contributed by atoms with Crippen LogP contribution in [-0.4, -0.2) is 40.4 Å². The molecule has 3 nitrogen and oxygen atoms in total. The molecular weight excluding hydrogens is 243 g/mol. The first-order valence-electron chi connectivity index (χ1n) is 6.84. The van der Waals surface area contributed by atoms with Gasteiger partial charge in [-0.2, -0.15) is 0 Å². The van der Waals surface area contributed by atoms with Gasteiger partial charge in [-0.1, -0.05) is 0 Å². The Morgan fingerprint density at radius 3 is 2.68 bits per heavy atom. The van der Waals surface area contributed by atoms with Gasteiger partial charge in [0.05, 0.1) is 6.61 Å². The van der Waals surface area contributed by atoms with Gasteiger partial charge in [-0.15, -0.1) is 0 Å². The van der Waals surface area contributed by atoms with E-state index in [2.05, 4.69) is 17.3 Å². The molecule has 1 N–H and O–H groups in total. The van der Waals surface area contributed by atoms with Crippen LogP contribution in [0, 0.1) is 11.2 Å². The predicted octanol–water partition coefficient (Wildman–Crippen LogP) is 2.28. The molecule has 1 atom stereocenters. The Morgan fingerprint density at radius 2 is 2.11 bits per heavy atom. The lowest BCUT2D eigenvalue weighted by Gasteiger charge is -2.40. The van der Waals surface area contributed by atoms with Crippen LogP contribution in [0.25, 0.3) is 0 Å². The highest BCUT2D eigenvalue weighted by molar-refractivity contribution is 5.45. The molecule has 0 aliphatic carbocycles. The van der Waals surface area contributed by atoms with Crippen molar-refractivity contribution >= 4 is 5.69 Å². The van der Waals surface area contributed by atoms with E-state index in [0.29, 0.717) is 0 Å². The molecule has 1 aliphatic heterocycles. The highest BCUT2D eigenvalue weighted by Gasteiger charge is 2.33. The van der Waals surface area contributed by atoms with Gasteiger partial charge < -0.3 is 15.0 Å². The van der Waals surface area contributed by atoms with Gasteiger partial charge in [0.15, 0.2) is 0 Å². The fourth-order valence-electron chi connectivity index (χ4n) is 2.90. The number of ether oxygens (including phenoxy) is 1. The van der Waals surface area contributed by atoms with Crippen molar-refractivity contribution in [3.8, 4) is 0 Å². The molecule has 1 heterocycles. The maximum atomic E-state index is 13.0. The summed E-state index contributed by atoms with van der Waals surface area (Å²) in [5, 5.41) is 3.28. The summed E-state index contributed by atoms with van der Waals surface area (Å²) in [4.78, 5) is 2.19. The van der Waals surface area contributed by atoms with E-state index in [1.165, 1.54) is 18.6 Å². The molecule has 0 spiro atoms. The van der Waals surface area contributed by atoms with Gasteiger partial charge >= 0.3 is 0 Å².